The largest absolute Gasteiger partial charge is 0.327 e. The Bertz CT molecular complexity index is 622. The molecule has 0 spiro atoms. The van der Waals surface area contributed by atoms with Gasteiger partial charge in [-0.15, -0.1) is 0 Å². The third kappa shape index (κ3) is 2.25. The van der Waals surface area contributed by atoms with Gasteiger partial charge in [-0.2, -0.15) is 5.26 Å². The molecule has 0 aliphatic rings. The van der Waals surface area contributed by atoms with Crippen molar-refractivity contribution in [2.75, 3.05) is 11.9 Å². The van der Waals surface area contributed by atoms with E-state index in [0.29, 0.717) is 5.82 Å². The maximum absolute atomic E-state index is 13.6. The molecule has 1 aromatic heterocycles. The maximum Gasteiger partial charge on any atom is 0.149 e. The highest BCUT2D eigenvalue weighted by Crippen LogP contribution is 2.25. The molecule has 0 fully saturated rings. The molecule has 6 heteroatoms. The van der Waals surface area contributed by atoms with E-state index in [0.717, 1.165) is 12.1 Å². The number of nitriles is 1. The molecule has 4 nitrogen and oxygen atoms in total. The molecule has 0 N–H and O–H groups in total. The second-order valence-electron chi connectivity index (χ2n) is 3.53. The second kappa shape index (κ2) is 4.75. The summed E-state index contributed by atoms with van der Waals surface area (Å²) in [5.74, 6) is -0.994. The molecule has 2 aromatic rings. The molecule has 90 valence electrons. The van der Waals surface area contributed by atoms with Gasteiger partial charge in [0.05, 0.1) is 5.69 Å². The molecule has 1 aromatic carbocycles. The highest BCUT2D eigenvalue weighted by Gasteiger charge is 2.12. The molecule has 0 aliphatic carbocycles. The first-order valence-electron chi connectivity index (χ1n) is 5.02. The molecule has 2 rings (SSSR count). The quantitative estimate of drug-likeness (QED) is 0.816. The molecule has 0 saturated carbocycles. The number of nitrogens with zero attached hydrogens (tertiary/aromatic N) is 4. The van der Waals surface area contributed by atoms with Gasteiger partial charge in [-0.1, -0.05) is 0 Å². The number of halogens is 2. The topological polar surface area (TPSA) is 52.8 Å². The zero-order valence-electron chi connectivity index (χ0n) is 9.43. The Morgan fingerprint density at radius 2 is 2.00 bits per heavy atom. The van der Waals surface area contributed by atoms with Gasteiger partial charge in [-0.25, -0.2) is 18.7 Å². The van der Waals surface area contributed by atoms with Crippen molar-refractivity contribution in [1.29, 1.82) is 5.26 Å². The van der Waals surface area contributed by atoms with Gasteiger partial charge in [0.2, 0.25) is 0 Å². The van der Waals surface area contributed by atoms with Crippen LogP contribution in [0.15, 0.2) is 30.6 Å². The number of rotatable bonds is 2. The fourth-order valence-electron chi connectivity index (χ4n) is 1.47. The number of anilines is 2. The number of benzene rings is 1. The zero-order chi connectivity index (χ0) is 13.1. The van der Waals surface area contributed by atoms with Crippen molar-refractivity contribution in [3.05, 3.63) is 47.9 Å². The number of hydrogen-bond donors (Lipinski definition) is 0. The first kappa shape index (κ1) is 11.9. The van der Waals surface area contributed by atoms with E-state index in [1.54, 1.807) is 7.05 Å². The summed E-state index contributed by atoms with van der Waals surface area (Å²) in [5.41, 5.74) is 0.341. The van der Waals surface area contributed by atoms with Crippen LogP contribution in [0.5, 0.6) is 0 Å². The van der Waals surface area contributed by atoms with Crippen molar-refractivity contribution in [2.45, 2.75) is 0 Å². The van der Waals surface area contributed by atoms with Crippen molar-refractivity contribution in [3.8, 4) is 6.07 Å². The highest BCUT2D eigenvalue weighted by molar-refractivity contribution is 5.60. The Labute approximate surface area is 102 Å². The molecule has 0 amide bonds. The molecule has 0 bridgehead atoms. The summed E-state index contributed by atoms with van der Waals surface area (Å²) in [6, 6.07) is 6.53. The van der Waals surface area contributed by atoms with E-state index in [1.165, 1.54) is 23.4 Å². The summed E-state index contributed by atoms with van der Waals surface area (Å²) in [7, 11) is 1.57. The Balaban J connectivity index is 2.41. The van der Waals surface area contributed by atoms with Gasteiger partial charge in [0, 0.05) is 19.2 Å². The van der Waals surface area contributed by atoms with Gasteiger partial charge >= 0.3 is 0 Å². The van der Waals surface area contributed by atoms with E-state index in [2.05, 4.69) is 9.97 Å². The number of hydrogen-bond acceptors (Lipinski definition) is 4. The van der Waals surface area contributed by atoms with Gasteiger partial charge in [0.15, 0.2) is 0 Å². The maximum atomic E-state index is 13.6. The lowest BCUT2D eigenvalue weighted by atomic mass is 10.2. The van der Waals surface area contributed by atoms with E-state index >= 15 is 0 Å². The fourth-order valence-corrected chi connectivity index (χ4v) is 1.47. The number of aromatic nitrogens is 2. The molecule has 0 atom stereocenters. The average molecular weight is 246 g/mol. The highest BCUT2D eigenvalue weighted by atomic mass is 19.1. The van der Waals surface area contributed by atoms with Gasteiger partial charge in [0.25, 0.3) is 0 Å². The van der Waals surface area contributed by atoms with Crippen LogP contribution < -0.4 is 4.90 Å². The first-order valence-corrected chi connectivity index (χ1v) is 5.02. The van der Waals surface area contributed by atoms with Gasteiger partial charge in [-0.3, -0.25) is 0 Å². The Morgan fingerprint density at radius 1 is 1.22 bits per heavy atom. The lowest BCUT2D eigenvalue weighted by Crippen LogP contribution is -2.13. The van der Waals surface area contributed by atoms with Crippen molar-refractivity contribution < 1.29 is 8.78 Å². The van der Waals surface area contributed by atoms with Gasteiger partial charge in [-0.05, 0) is 12.1 Å². The normalized spacial score (nSPS) is 9.89. The van der Waals surface area contributed by atoms with Gasteiger partial charge < -0.3 is 4.90 Å². The van der Waals surface area contributed by atoms with Crippen LogP contribution in [0.25, 0.3) is 0 Å². The Morgan fingerprint density at radius 3 is 2.67 bits per heavy atom. The summed E-state index contributed by atoms with van der Waals surface area (Å²) >= 11 is 0. The molecule has 18 heavy (non-hydrogen) atoms. The SMILES string of the molecule is CN(c1cc(C#N)ncn1)c1ccc(F)cc1F. The Kier molecular flexibility index (Phi) is 3.15. The van der Waals surface area contributed by atoms with Gasteiger partial charge in [0.1, 0.15) is 35.5 Å². The summed E-state index contributed by atoms with van der Waals surface area (Å²) in [6.07, 6.45) is 1.21. The van der Waals surface area contributed by atoms with Crippen molar-refractivity contribution in [2.24, 2.45) is 0 Å². The van der Waals surface area contributed by atoms with Crippen molar-refractivity contribution >= 4 is 11.5 Å². The molecular weight excluding hydrogens is 238 g/mol. The van der Waals surface area contributed by atoms with Crippen LogP contribution in [-0.4, -0.2) is 17.0 Å². The predicted octanol–water partition coefficient (Wildman–Crippen LogP) is 2.39. The smallest absolute Gasteiger partial charge is 0.149 e. The summed E-state index contributed by atoms with van der Waals surface area (Å²) < 4.78 is 26.4. The molecule has 1 heterocycles. The Hall–Kier alpha value is -2.55. The molecule has 0 saturated heterocycles. The second-order valence-corrected chi connectivity index (χ2v) is 3.53. The molecular formula is C12H8F2N4. The van der Waals surface area contributed by atoms with Crippen molar-refractivity contribution in [1.82, 2.24) is 9.97 Å². The summed E-state index contributed by atoms with van der Waals surface area (Å²) in [4.78, 5) is 9.06. The lowest BCUT2D eigenvalue weighted by Gasteiger charge is -2.18. The van der Waals surface area contributed by atoms with Crippen LogP contribution in [0.1, 0.15) is 5.69 Å². The average Bonchev–Trinajstić information content (AvgIpc) is 2.38. The molecule has 0 unspecified atom stereocenters. The van der Waals surface area contributed by atoms with Crippen molar-refractivity contribution in [3.63, 3.8) is 0 Å². The van der Waals surface area contributed by atoms with Crippen LogP contribution in [0.4, 0.5) is 20.3 Å². The predicted molar refractivity (Wildman–Crippen MR) is 61.2 cm³/mol. The zero-order valence-corrected chi connectivity index (χ0v) is 9.43. The van der Waals surface area contributed by atoms with Crippen LogP contribution >= 0.6 is 0 Å². The third-order valence-corrected chi connectivity index (χ3v) is 2.38. The minimum absolute atomic E-state index is 0.166. The van der Waals surface area contributed by atoms with Crippen LogP contribution in [-0.2, 0) is 0 Å². The minimum Gasteiger partial charge on any atom is -0.327 e. The van der Waals surface area contributed by atoms with Crippen LogP contribution in [0, 0.1) is 23.0 Å². The molecule has 0 aliphatic heterocycles. The standard InChI is InChI=1S/C12H8F2N4/c1-18(11-3-2-8(13)4-10(11)14)12-5-9(6-15)16-7-17-12/h2-5,7H,1H3. The van der Waals surface area contributed by atoms with E-state index in [1.807, 2.05) is 6.07 Å². The van der Waals surface area contributed by atoms with E-state index in [4.69, 9.17) is 5.26 Å². The first-order chi connectivity index (χ1) is 8.61. The molecule has 0 radical (unpaired) electrons. The van der Waals surface area contributed by atoms with E-state index in [-0.39, 0.29) is 11.4 Å². The third-order valence-electron chi connectivity index (χ3n) is 2.38. The van der Waals surface area contributed by atoms with Crippen LogP contribution in [0.2, 0.25) is 0 Å². The summed E-state index contributed by atoms with van der Waals surface area (Å²) in [5, 5.41) is 8.72. The summed E-state index contributed by atoms with van der Waals surface area (Å²) in [6.45, 7) is 0. The van der Waals surface area contributed by atoms with E-state index < -0.39 is 11.6 Å². The fraction of sp³-hybridized carbons (Fsp3) is 0.0833. The monoisotopic (exact) mass is 246 g/mol. The van der Waals surface area contributed by atoms with E-state index in [9.17, 15) is 8.78 Å². The lowest BCUT2D eigenvalue weighted by molar-refractivity contribution is 0.583. The van der Waals surface area contributed by atoms with Crippen LogP contribution in [0.3, 0.4) is 0 Å². The minimum atomic E-state index is -0.699.